The van der Waals surface area contributed by atoms with Gasteiger partial charge >= 0.3 is 10.1 Å². The lowest BCUT2D eigenvalue weighted by molar-refractivity contribution is 0.337. The van der Waals surface area contributed by atoms with Gasteiger partial charge in [-0.2, -0.15) is 8.42 Å². The summed E-state index contributed by atoms with van der Waals surface area (Å²) in [5.74, 6) is 0.00954. The highest BCUT2D eigenvalue weighted by molar-refractivity contribution is 7.86. The third kappa shape index (κ3) is 5.69. The standard InChI is InChI=1S/C24H31NO3S/c1-3-5-7-8-13-24(25-28-29(26,27)16-6-4-2)20-14-15-23-21(18-20)17-19-11-9-10-12-22(19)23/h9-12,14-15,18H,3-8,13,16-17H2,1-2H3/b25-24+. The molecule has 0 saturated carbocycles. The minimum Gasteiger partial charge on any atom is -0.268 e. The van der Waals surface area contributed by atoms with Crippen LogP contribution < -0.4 is 0 Å². The van der Waals surface area contributed by atoms with Gasteiger partial charge in [-0.3, -0.25) is 4.28 Å². The number of benzene rings is 2. The van der Waals surface area contributed by atoms with E-state index in [9.17, 15) is 8.42 Å². The lowest BCUT2D eigenvalue weighted by Gasteiger charge is -2.09. The van der Waals surface area contributed by atoms with Crippen molar-refractivity contribution in [3.63, 3.8) is 0 Å². The molecule has 156 valence electrons. The van der Waals surface area contributed by atoms with Crippen molar-refractivity contribution < 1.29 is 12.7 Å². The van der Waals surface area contributed by atoms with Crippen LogP contribution in [0.25, 0.3) is 11.1 Å². The molecule has 3 rings (SSSR count). The van der Waals surface area contributed by atoms with E-state index < -0.39 is 10.1 Å². The van der Waals surface area contributed by atoms with Crippen molar-refractivity contribution in [3.8, 4) is 11.1 Å². The van der Waals surface area contributed by atoms with Gasteiger partial charge in [0.15, 0.2) is 0 Å². The zero-order valence-electron chi connectivity index (χ0n) is 17.5. The van der Waals surface area contributed by atoms with E-state index in [1.54, 1.807) is 0 Å². The molecule has 29 heavy (non-hydrogen) atoms. The fourth-order valence-electron chi connectivity index (χ4n) is 3.75. The van der Waals surface area contributed by atoms with E-state index in [4.69, 9.17) is 4.28 Å². The lowest BCUT2D eigenvalue weighted by Crippen LogP contribution is -2.10. The van der Waals surface area contributed by atoms with Crippen molar-refractivity contribution in [2.45, 2.75) is 65.2 Å². The second kappa shape index (κ2) is 10.1. The average Bonchev–Trinajstić information content (AvgIpc) is 3.09. The molecular weight excluding hydrogens is 382 g/mol. The number of hydrogen-bond donors (Lipinski definition) is 0. The topological polar surface area (TPSA) is 55.7 Å². The Bertz CT molecular complexity index is 964. The van der Waals surface area contributed by atoms with Gasteiger partial charge in [-0.1, -0.05) is 81.1 Å². The highest BCUT2D eigenvalue weighted by Crippen LogP contribution is 2.37. The zero-order chi connectivity index (χ0) is 20.7. The highest BCUT2D eigenvalue weighted by atomic mass is 32.2. The maximum absolute atomic E-state index is 12.1. The Morgan fingerprint density at radius 1 is 0.931 bits per heavy atom. The average molecular weight is 414 g/mol. The fourth-order valence-corrected chi connectivity index (χ4v) is 4.67. The molecular formula is C24H31NO3S. The van der Waals surface area contributed by atoms with Gasteiger partial charge in [0, 0.05) is 0 Å². The normalized spacial score (nSPS) is 13.2. The van der Waals surface area contributed by atoms with E-state index in [2.05, 4.69) is 48.5 Å². The Kier molecular flexibility index (Phi) is 7.48. The van der Waals surface area contributed by atoms with Crippen LogP contribution >= 0.6 is 0 Å². The molecule has 0 aliphatic heterocycles. The fraction of sp³-hybridized carbons (Fsp3) is 0.458. The van der Waals surface area contributed by atoms with Crippen LogP contribution in [-0.4, -0.2) is 19.9 Å². The van der Waals surface area contributed by atoms with Gasteiger partial charge in [-0.25, -0.2) is 0 Å². The molecule has 1 aliphatic rings. The van der Waals surface area contributed by atoms with Gasteiger partial charge in [0.25, 0.3) is 0 Å². The molecule has 0 atom stereocenters. The smallest absolute Gasteiger partial charge is 0.268 e. The Hall–Kier alpha value is -2.14. The maximum atomic E-state index is 12.1. The number of oxime groups is 1. The van der Waals surface area contributed by atoms with Crippen LogP contribution in [0.1, 0.15) is 75.5 Å². The van der Waals surface area contributed by atoms with Gasteiger partial charge in [0.2, 0.25) is 0 Å². The van der Waals surface area contributed by atoms with E-state index in [0.29, 0.717) is 6.42 Å². The van der Waals surface area contributed by atoms with Crippen LogP contribution in [0.5, 0.6) is 0 Å². The summed E-state index contributed by atoms with van der Waals surface area (Å²) in [5, 5.41) is 4.12. The first-order valence-corrected chi connectivity index (χ1v) is 12.3. The molecule has 0 spiro atoms. The number of hydrogen-bond acceptors (Lipinski definition) is 4. The third-order valence-corrected chi connectivity index (χ3v) is 6.49. The first-order valence-electron chi connectivity index (χ1n) is 10.7. The van der Waals surface area contributed by atoms with Crippen LogP contribution in [0.4, 0.5) is 0 Å². The molecule has 0 bridgehead atoms. The van der Waals surface area contributed by atoms with Gasteiger partial charge in [-0.05, 0) is 59.6 Å². The molecule has 1 aliphatic carbocycles. The predicted molar refractivity (Wildman–Crippen MR) is 120 cm³/mol. The van der Waals surface area contributed by atoms with Gasteiger partial charge in [0.05, 0.1) is 11.5 Å². The SMILES string of the molecule is CCCCCC/C(=N\OS(=O)(=O)CCCC)c1ccc2c(c1)Cc1ccccc1-2. The summed E-state index contributed by atoms with van der Waals surface area (Å²) in [5.41, 5.74) is 6.82. The van der Waals surface area contributed by atoms with E-state index >= 15 is 0 Å². The molecule has 0 fully saturated rings. The van der Waals surface area contributed by atoms with Crippen molar-refractivity contribution in [2.75, 3.05) is 5.75 Å². The third-order valence-electron chi connectivity index (χ3n) is 5.40. The van der Waals surface area contributed by atoms with Crippen molar-refractivity contribution in [1.82, 2.24) is 0 Å². The minimum absolute atomic E-state index is 0.00954. The maximum Gasteiger partial charge on any atom is 0.328 e. The van der Waals surface area contributed by atoms with E-state index in [0.717, 1.165) is 49.8 Å². The predicted octanol–water partition coefficient (Wildman–Crippen LogP) is 6.08. The van der Waals surface area contributed by atoms with Crippen LogP contribution in [0.15, 0.2) is 47.6 Å². The second-order valence-electron chi connectivity index (χ2n) is 7.74. The Labute approximate surface area is 175 Å². The molecule has 0 radical (unpaired) electrons. The summed E-state index contributed by atoms with van der Waals surface area (Å²) < 4.78 is 29.3. The van der Waals surface area contributed by atoms with Crippen molar-refractivity contribution >= 4 is 15.8 Å². The summed E-state index contributed by atoms with van der Waals surface area (Å²) in [6.45, 7) is 4.14. The van der Waals surface area contributed by atoms with Crippen molar-refractivity contribution in [1.29, 1.82) is 0 Å². The number of rotatable bonds is 11. The molecule has 4 nitrogen and oxygen atoms in total. The lowest BCUT2D eigenvalue weighted by atomic mass is 9.98. The van der Waals surface area contributed by atoms with Crippen LogP contribution in [0.3, 0.4) is 0 Å². The minimum atomic E-state index is -3.62. The van der Waals surface area contributed by atoms with Crippen LogP contribution in [0.2, 0.25) is 0 Å². The summed E-state index contributed by atoms with van der Waals surface area (Å²) in [7, 11) is -3.62. The molecule has 5 heteroatoms. The summed E-state index contributed by atoms with van der Waals surface area (Å²) in [6.07, 6.45) is 7.42. The zero-order valence-corrected chi connectivity index (χ0v) is 18.3. The first-order chi connectivity index (χ1) is 14.0. The summed E-state index contributed by atoms with van der Waals surface area (Å²) in [4.78, 5) is 0. The monoisotopic (exact) mass is 413 g/mol. The van der Waals surface area contributed by atoms with E-state index in [1.165, 1.54) is 28.7 Å². The molecule has 0 N–H and O–H groups in total. The van der Waals surface area contributed by atoms with E-state index in [-0.39, 0.29) is 5.75 Å². The highest BCUT2D eigenvalue weighted by Gasteiger charge is 2.19. The van der Waals surface area contributed by atoms with Gasteiger partial charge < -0.3 is 0 Å². The van der Waals surface area contributed by atoms with Gasteiger partial charge in [-0.15, -0.1) is 0 Å². The molecule has 2 aromatic carbocycles. The molecule has 0 amide bonds. The molecule has 0 aromatic heterocycles. The number of fused-ring (bicyclic) bond motifs is 3. The number of nitrogens with zero attached hydrogens (tertiary/aromatic N) is 1. The molecule has 2 aromatic rings. The molecule has 0 heterocycles. The van der Waals surface area contributed by atoms with Crippen LogP contribution in [0, 0.1) is 0 Å². The van der Waals surface area contributed by atoms with Crippen LogP contribution in [-0.2, 0) is 20.8 Å². The number of unbranched alkanes of at least 4 members (excludes halogenated alkanes) is 4. The quantitative estimate of drug-likeness (QED) is 0.217. The van der Waals surface area contributed by atoms with E-state index in [1.807, 2.05) is 13.0 Å². The van der Waals surface area contributed by atoms with Gasteiger partial charge in [0.1, 0.15) is 0 Å². The molecule has 0 unspecified atom stereocenters. The molecule has 0 saturated heterocycles. The Balaban J connectivity index is 1.82. The largest absolute Gasteiger partial charge is 0.328 e. The van der Waals surface area contributed by atoms with Crippen molar-refractivity contribution in [3.05, 3.63) is 59.2 Å². The summed E-state index contributed by atoms with van der Waals surface area (Å²) in [6, 6.07) is 14.8. The van der Waals surface area contributed by atoms with Crippen molar-refractivity contribution in [2.24, 2.45) is 5.16 Å². The Morgan fingerprint density at radius 3 is 2.48 bits per heavy atom. The summed E-state index contributed by atoms with van der Waals surface area (Å²) >= 11 is 0. The first kappa shape index (κ1) is 21.6. The second-order valence-corrected chi connectivity index (χ2v) is 9.42. The Morgan fingerprint density at radius 2 is 1.69 bits per heavy atom.